The lowest BCUT2D eigenvalue weighted by atomic mass is 9.84. The minimum atomic E-state index is -0.495. The van der Waals surface area contributed by atoms with Crippen molar-refractivity contribution >= 4 is 17.6 Å². The van der Waals surface area contributed by atoms with Gasteiger partial charge in [-0.3, -0.25) is 9.59 Å². The van der Waals surface area contributed by atoms with Crippen LogP contribution in [-0.2, 0) is 22.4 Å². The van der Waals surface area contributed by atoms with E-state index in [2.05, 4.69) is 17.4 Å². The lowest BCUT2D eigenvalue weighted by molar-refractivity contribution is -0.119. The highest BCUT2D eigenvalue weighted by Gasteiger charge is 2.75. The zero-order valence-electron chi connectivity index (χ0n) is 15.6. The highest BCUT2D eigenvalue weighted by molar-refractivity contribution is 6.15. The Bertz CT molecular complexity index is 1050. The first-order valence-corrected chi connectivity index (χ1v) is 9.58. The van der Waals surface area contributed by atoms with Crippen molar-refractivity contribution in [1.29, 1.82) is 0 Å². The van der Waals surface area contributed by atoms with Gasteiger partial charge < -0.3 is 10.1 Å². The van der Waals surface area contributed by atoms with Crippen LogP contribution < -0.4 is 10.1 Å². The second-order valence-electron chi connectivity index (χ2n) is 7.69. The quantitative estimate of drug-likeness (QED) is 0.821. The maximum absolute atomic E-state index is 12.8. The van der Waals surface area contributed by atoms with Gasteiger partial charge in [0.05, 0.1) is 18.4 Å². The van der Waals surface area contributed by atoms with Crippen LogP contribution >= 0.6 is 0 Å². The molecule has 28 heavy (non-hydrogen) atoms. The molecular formula is C24H21NO3. The number of para-hydroxylation sites is 1. The molecule has 140 valence electrons. The molecule has 2 aromatic rings. The Hall–Kier alpha value is -3.14. The minimum Gasteiger partial charge on any atom is -0.496 e. The Labute approximate surface area is 163 Å². The van der Waals surface area contributed by atoms with Crippen molar-refractivity contribution < 1.29 is 14.3 Å². The highest BCUT2D eigenvalue weighted by Crippen LogP contribution is 2.63. The van der Waals surface area contributed by atoms with Crippen LogP contribution in [-0.4, -0.2) is 24.7 Å². The van der Waals surface area contributed by atoms with Crippen LogP contribution in [0.4, 0.5) is 0 Å². The van der Waals surface area contributed by atoms with E-state index in [9.17, 15) is 9.59 Å². The molecule has 0 radical (unpaired) electrons. The zero-order valence-corrected chi connectivity index (χ0v) is 15.6. The van der Waals surface area contributed by atoms with Crippen LogP contribution in [0.5, 0.6) is 5.75 Å². The van der Waals surface area contributed by atoms with Crippen molar-refractivity contribution in [2.75, 3.05) is 7.11 Å². The monoisotopic (exact) mass is 371 g/mol. The molecular weight excluding hydrogens is 350 g/mol. The summed E-state index contributed by atoms with van der Waals surface area (Å²) in [6.07, 6.45) is 6.81. The first kappa shape index (κ1) is 17.0. The smallest absolute Gasteiger partial charge is 0.178 e. The van der Waals surface area contributed by atoms with Crippen molar-refractivity contribution in [1.82, 2.24) is 5.32 Å². The normalized spacial score (nSPS) is 26.8. The fourth-order valence-corrected chi connectivity index (χ4v) is 4.75. The Morgan fingerprint density at radius 3 is 2.86 bits per heavy atom. The fraction of sp³-hybridized carbons (Fsp3) is 0.250. The van der Waals surface area contributed by atoms with E-state index in [0.29, 0.717) is 12.8 Å². The summed E-state index contributed by atoms with van der Waals surface area (Å²) in [5.74, 6) is 0.729. The number of allylic oxidation sites excluding steroid dienone is 2. The molecule has 0 bridgehead atoms. The Morgan fingerprint density at radius 1 is 1.21 bits per heavy atom. The van der Waals surface area contributed by atoms with Crippen molar-refractivity contribution in [2.45, 2.75) is 18.9 Å². The number of ketones is 2. The van der Waals surface area contributed by atoms with E-state index < -0.39 is 11.5 Å². The highest BCUT2D eigenvalue weighted by atomic mass is 16.5. The maximum Gasteiger partial charge on any atom is 0.178 e. The van der Waals surface area contributed by atoms with Gasteiger partial charge in [0.15, 0.2) is 11.6 Å². The summed E-state index contributed by atoms with van der Waals surface area (Å²) in [6, 6.07) is 15.4. The van der Waals surface area contributed by atoms with E-state index in [1.807, 2.05) is 48.6 Å². The van der Waals surface area contributed by atoms with Crippen LogP contribution in [0.2, 0.25) is 0 Å². The standard InChI is InChI=1S/C24H21NO3/c1-28-19-12-5-4-7-15(19)10-6-11-18(26)22-21-23(27)24(21)14-17-9-3-2-8-16(17)13-20(24)25-22/h2-9,11-13,21-22,25H,10,14H2,1H3/b11-6+. The van der Waals surface area contributed by atoms with Gasteiger partial charge in [-0.1, -0.05) is 48.5 Å². The van der Waals surface area contributed by atoms with E-state index >= 15 is 0 Å². The number of methoxy groups -OCH3 is 1. The van der Waals surface area contributed by atoms with Crippen LogP contribution in [0.1, 0.15) is 16.7 Å². The number of benzene rings is 2. The summed E-state index contributed by atoms with van der Waals surface area (Å²) < 4.78 is 5.35. The summed E-state index contributed by atoms with van der Waals surface area (Å²) in [5, 5.41) is 3.34. The average Bonchev–Trinajstić information content (AvgIpc) is 3.12. The largest absolute Gasteiger partial charge is 0.496 e. The van der Waals surface area contributed by atoms with Gasteiger partial charge in [0.1, 0.15) is 11.8 Å². The van der Waals surface area contributed by atoms with Crippen molar-refractivity contribution in [3.05, 3.63) is 83.1 Å². The first-order valence-electron chi connectivity index (χ1n) is 9.58. The number of rotatable bonds is 5. The Morgan fingerprint density at radius 2 is 2.00 bits per heavy atom. The number of fused-ring (bicyclic) bond motifs is 1. The second kappa shape index (κ2) is 6.20. The molecule has 1 saturated heterocycles. The lowest BCUT2D eigenvalue weighted by Gasteiger charge is -2.22. The second-order valence-corrected chi connectivity index (χ2v) is 7.69. The van der Waals surface area contributed by atoms with Crippen LogP contribution in [0.25, 0.3) is 6.08 Å². The maximum atomic E-state index is 12.8. The number of hydrogen-bond donors (Lipinski definition) is 1. The first-order chi connectivity index (χ1) is 13.6. The van der Waals surface area contributed by atoms with Crippen LogP contribution in [0, 0.1) is 11.3 Å². The molecule has 0 aromatic heterocycles. The molecule has 1 saturated carbocycles. The average molecular weight is 371 g/mol. The van der Waals surface area contributed by atoms with E-state index in [1.54, 1.807) is 13.2 Å². The predicted molar refractivity (Wildman–Crippen MR) is 107 cm³/mol. The summed E-state index contributed by atoms with van der Waals surface area (Å²) in [6.45, 7) is 0. The molecule has 3 unspecified atom stereocenters. The molecule has 3 aliphatic rings. The number of carbonyl (C=O) groups excluding carboxylic acids is 2. The molecule has 1 heterocycles. The molecule has 1 spiro atoms. The molecule has 2 aromatic carbocycles. The van der Waals surface area contributed by atoms with Gasteiger partial charge in [0.2, 0.25) is 0 Å². The lowest BCUT2D eigenvalue weighted by Crippen LogP contribution is -2.35. The van der Waals surface area contributed by atoms with Crippen LogP contribution in [0.3, 0.4) is 0 Å². The fourth-order valence-electron chi connectivity index (χ4n) is 4.75. The third-order valence-electron chi connectivity index (χ3n) is 6.24. The SMILES string of the molecule is COc1ccccc1C/C=C/C(=O)C1NC2=Cc3ccccc3CC23C(=O)C13. The van der Waals surface area contributed by atoms with Gasteiger partial charge in [-0.2, -0.15) is 0 Å². The molecule has 0 amide bonds. The summed E-state index contributed by atoms with van der Waals surface area (Å²) in [4.78, 5) is 25.5. The molecule has 4 nitrogen and oxygen atoms in total. The van der Waals surface area contributed by atoms with Crippen molar-refractivity contribution in [2.24, 2.45) is 11.3 Å². The molecule has 3 atom stereocenters. The topological polar surface area (TPSA) is 55.4 Å². The van der Waals surface area contributed by atoms with Gasteiger partial charge >= 0.3 is 0 Å². The Kier molecular flexibility index (Phi) is 3.76. The van der Waals surface area contributed by atoms with Gasteiger partial charge in [-0.25, -0.2) is 0 Å². The Balaban J connectivity index is 1.34. The molecule has 2 aliphatic carbocycles. The van der Waals surface area contributed by atoms with Gasteiger partial charge in [-0.05, 0) is 47.8 Å². The van der Waals surface area contributed by atoms with Crippen molar-refractivity contribution in [3.8, 4) is 5.75 Å². The number of ether oxygens (including phenoxy) is 1. The van der Waals surface area contributed by atoms with Gasteiger partial charge in [0, 0.05) is 5.70 Å². The van der Waals surface area contributed by atoms with E-state index in [0.717, 1.165) is 22.6 Å². The van der Waals surface area contributed by atoms with E-state index in [4.69, 9.17) is 4.74 Å². The summed E-state index contributed by atoms with van der Waals surface area (Å²) in [7, 11) is 1.64. The number of nitrogens with one attached hydrogen (secondary N) is 1. The zero-order chi connectivity index (χ0) is 19.3. The summed E-state index contributed by atoms with van der Waals surface area (Å²) in [5.41, 5.74) is 3.76. The summed E-state index contributed by atoms with van der Waals surface area (Å²) >= 11 is 0. The van der Waals surface area contributed by atoms with Gasteiger partial charge in [0.25, 0.3) is 0 Å². The third-order valence-corrected chi connectivity index (χ3v) is 6.24. The van der Waals surface area contributed by atoms with E-state index in [1.165, 1.54) is 5.56 Å². The molecule has 1 N–H and O–H groups in total. The molecule has 5 rings (SSSR count). The number of piperidine rings is 1. The van der Waals surface area contributed by atoms with Gasteiger partial charge in [-0.15, -0.1) is 0 Å². The predicted octanol–water partition coefficient (Wildman–Crippen LogP) is 3.12. The molecule has 4 heteroatoms. The third kappa shape index (κ3) is 2.37. The van der Waals surface area contributed by atoms with E-state index in [-0.39, 0.29) is 17.5 Å². The number of Topliss-reactive ketones (excluding diaryl/α,β-unsaturated/α-hetero) is 1. The molecule has 1 aliphatic heterocycles. The van der Waals surface area contributed by atoms with Crippen molar-refractivity contribution in [3.63, 3.8) is 0 Å². The number of carbonyl (C=O) groups is 2. The molecule has 2 fully saturated rings. The number of hydrogen-bond acceptors (Lipinski definition) is 4. The minimum absolute atomic E-state index is 0.0375. The van der Waals surface area contributed by atoms with Crippen LogP contribution in [0.15, 0.2) is 66.4 Å².